The second-order valence-electron chi connectivity index (χ2n) is 3.36. The molecule has 0 bridgehead atoms. The maximum Gasteiger partial charge on any atom is 0.231 e. The average molecular weight is 233 g/mol. The van der Waals surface area contributed by atoms with Crippen molar-refractivity contribution in [1.82, 2.24) is 4.98 Å². The molecule has 0 saturated carbocycles. The molecule has 0 amide bonds. The normalized spacial score (nSPS) is 15.8. The summed E-state index contributed by atoms with van der Waals surface area (Å²) >= 11 is 0. The van der Waals surface area contributed by atoms with Crippen LogP contribution in [0.1, 0.15) is 0 Å². The number of fused-ring (bicyclic) bond motifs is 2. The number of nitrogens with zero attached hydrogens (tertiary/aromatic N) is 1. The van der Waals surface area contributed by atoms with Gasteiger partial charge in [0.15, 0.2) is 5.75 Å². The molecule has 0 aliphatic carbocycles. The first-order valence-electron chi connectivity index (χ1n) is 4.66. The molecule has 1 aromatic carbocycles. The van der Waals surface area contributed by atoms with Crippen molar-refractivity contribution in [2.24, 2.45) is 0 Å². The fourth-order valence-corrected chi connectivity index (χ4v) is 3.05. The summed E-state index contributed by atoms with van der Waals surface area (Å²) in [6.45, 7) is 0. The van der Waals surface area contributed by atoms with Gasteiger partial charge in [0.1, 0.15) is 10.6 Å². The third-order valence-corrected chi connectivity index (χ3v) is 4.08. The van der Waals surface area contributed by atoms with Gasteiger partial charge in [-0.1, -0.05) is 12.1 Å². The van der Waals surface area contributed by atoms with Gasteiger partial charge in [-0.3, -0.25) is 0 Å². The molecule has 0 spiro atoms. The smallest absolute Gasteiger partial charge is 0.231 e. The monoisotopic (exact) mass is 233 g/mol. The van der Waals surface area contributed by atoms with Crippen LogP contribution in [0, 0.1) is 0 Å². The van der Waals surface area contributed by atoms with E-state index in [1.807, 2.05) is 0 Å². The summed E-state index contributed by atoms with van der Waals surface area (Å²) < 4.78 is 29.8. The van der Waals surface area contributed by atoms with Gasteiger partial charge in [-0.15, -0.1) is 0 Å². The number of benzene rings is 1. The fraction of sp³-hybridized carbons (Fsp3) is 0. The minimum Gasteiger partial charge on any atom is -0.453 e. The van der Waals surface area contributed by atoms with Crippen LogP contribution in [0.5, 0.6) is 11.5 Å². The Labute approximate surface area is 92.4 Å². The van der Waals surface area contributed by atoms with E-state index in [9.17, 15) is 8.42 Å². The lowest BCUT2D eigenvalue weighted by Crippen LogP contribution is -2.12. The lowest BCUT2D eigenvalue weighted by molar-refractivity contribution is 0.436. The molecule has 1 aliphatic rings. The predicted octanol–water partition coefficient (Wildman–Crippen LogP) is 2.02. The highest BCUT2D eigenvalue weighted by atomic mass is 32.2. The second kappa shape index (κ2) is 3.05. The number of sulfone groups is 1. The summed E-state index contributed by atoms with van der Waals surface area (Å²) in [5.74, 6) is 0.629. The van der Waals surface area contributed by atoms with Crippen molar-refractivity contribution in [3.8, 4) is 11.5 Å². The molecule has 1 aromatic heterocycles. The Morgan fingerprint density at radius 2 is 1.75 bits per heavy atom. The molecule has 0 fully saturated rings. The number of hydrogen-bond acceptors (Lipinski definition) is 4. The van der Waals surface area contributed by atoms with E-state index in [0.717, 1.165) is 0 Å². The summed E-state index contributed by atoms with van der Waals surface area (Å²) in [6.07, 6.45) is 1.44. The van der Waals surface area contributed by atoms with Gasteiger partial charge < -0.3 is 4.74 Å². The second-order valence-corrected chi connectivity index (χ2v) is 5.19. The van der Waals surface area contributed by atoms with Crippen LogP contribution >= 0.6 is 0 Å². The maximum atomic E-state index is 12.2. The Morgan fingerprint density at radius 1 is 1.00 bits per heavy atom. The van der Waals surface area contributed by atoms with Crippen LogP contribution in [0.25, 0.3) is 0 Å². The molecule has 0 atom stereocenters. The Hall–Kier alpha value is -1.88. The third-order valence-electron chi connectivity index (χ3n) is 2.35. The summed E-state index contributed by atoms with van der Waals surface area (Å²) in [4.78, 5) is 4.03. The van der Waals surface area contributed by atoms with Crippen LogP contribution in [0.4, 0.5) is 0 Å². The van der Waals surface area contributed by atoms with E-state index >= 15 is 0 Å². The number of pyridine rings is 1. The van der Waals surface area contributed by atoms with Crippen LogP contribution in [-0.2, 0) is 9.84 Å². The number of aromatic nitrogens is 1. The summed E-state index contributed by atoms with van der Waals surface area (Å²) in [5.41, 5.74) is 0. The molecule has 2 aromatic rings. The van der Waals surface area contributed by atoms with Crippen molar-refractivity contribution in [3.05, 3.63) is 42.6 Å². The van der Waals surface area contributed by atoms with E-state index in [1.165, 1.54) is 12.3 Å². The molecule has 0 saturated heterocycles. The molecule has 3 rings (SSSR count). The van der Waals surface area contributed by atoms with Crippen molar-refractivity contribution in [3.63, 3.8) is 0 Å². The SMILES string of the molecule is O=S1(=O)c2ccccc2Oc2cccnc21. The van der Waals surface area contributed by atoms with Crippen LogP contribution < -0.4 is 4.74 Å². The largest absolute Gasteiger partial charge is 0.453 e. The lowest BCUT2D eigenvalue weighted by Gasteiger charge is -2.18. The summed E-state index contributed by atoms with van der Waals surface area (Å²) in [6, 6.07) is 9.77. The first-order chi connectivity index (χ1) is 7.69. The zero-order chi connectivity index (χ0) is 11.2. The summed E-state index contributed by atoms with van der Waals surface area (Å²) in [5, 5.41) is -0.0197. The lowest BCUT2D eigenvalue weighted by atomic mass is 10.3. The molecular weight excluding hydrogens is 226 g/mol. The maximum absolute atomic E-state index is 12.2. The van der Waals surface area contributed by atoms with Crippen molar-refractivity contribution in [1.29, 1.82) is 0 Å². The van der Waals surface area contributed by atoms with E-state index < -0.39 is 9.84 Å². The van der Waals surface area contributed by atoms with Gasteiger partial charge in [0.2, 0.25) is 14.9 Å². The Balaban J connectivity index is 2.37. The molecule has 2 heterocycles. The molecule has 0 N–H and O–H groups in total. The first-order valence-corrected chi connectivity index (χ1v) is 6.15. The van der Waals surface area contributed by atoms with E-state index in [4.69, 9.17) is 4.74 Å². The molecule has 80 valence electrons. The van der Waals surface area contributed by atoms with Crippen molar-refractivity contribution in [2.45, 2.75) is 9.92 Å². The number of ether oxygens (including phenoxy) is 1. The molecule has 0 radical (unpaired) electrons. The van der Waals surface area contributed by atoms with Crippen molar-refractivity contribution >= 4 is 9.84 Å². The molecule has 16 heavy (non-hydrogen) atoms. The van der Waals surface area contributed by atoms with Gasteiger partial charge in [0.25, 0.3) is 0 Å². The van der Waals surface area contributed by atoms with Crippen molar-refractivity contribution in [2.75, 3.05) is 0 Å². The Morgan fingerprint density at radius 3 is 2.62 bits per heavy atom. The molecule has 5 heteroatoms. The summed E-state index contributed by atoms with van der Waals surface area (Å²) in [7, 11) is -3.54. The van der Waals surface area contributed by atoms with Gasteiger partial charge in [-0.25, -0.2) is 13.4 Å². The van der Waals surface area contributed by atoms with Crippen LogP contribution in [0.2, 0.25) is 0 Å². The van der Waals surface area contributed by atoms with Gasteiger partial charge in [0.05, 0.1) is 0 Å². The van der Waals surface area contributed by atoms with Crippen LogP contribution in [0.15, 0.2) is 52.5 Å². The predicted molar refractivity (Wildman–Crippen MR) is 56.2 cm³/mol. The zero-order valence-corrected chi connectivity index (χ0v) is 8.94. The highest BCUT2D eigenvalue weighted by Gasteiger charge is 2.31. The van der Waals surface area contributed by atoms with Gasteiger partial charge >= 0.3 is 0 Å². The van der Waals surface area contributed by atoms with Crippen LogP contribution in [-0.4, -0.2) is 13.4 Å². The van der Waals surface area contributed by atoms with Crippen LogP contribution in [0.3, 0.4) is 0 Å². The van der Waals surface area contributed by atoms with E-state index in [-0.39, 0.29) is 15.7 Å². The van der Waals surface area contributed by atoms with E-state index in [1.54, 1.807) is 30.3 Å². The number of para-hydroxylation sites is 1. The minimum absolute atomic E-state index is 0.0197. The first kappa shape index (κ1) is 9.35. The van der Waals surface area contributed by atoms with Crippen molar-refractivity contribution < 1.29 is 13.2 Å². The quantitative estimate of drug-likeness (QED) is 0.596. The number of hydrogen-bond donors (Lipinski definition) is 0. The zero-order valence-electron chi connectivity index (χ0n) is 8.12. The molecule has 4 nitrogen and oxygen atoms in total. The topological polar surface area (TPSA) is 56.3 Å². The standard InChI is InChI=1S/C11H7NO3S/c13-16(14)10-6-2-1-4-8(10)15-9-5-3-7-12-11(9)16/h1-7H. The minimum atomic E-state index is -3.54. The highest BCUT2D eigenvalue weighted by Crippen LogP contribution is 2.40. The third kappa shape index (κ3) is 1.15. The Kier molecular flexibility index (Phi) is 1.79. The Bertz CT molecular complexity index is 613. The van der Waals surface area contributed by atoms with Gasteiger partial charge in [-0.05, 0) is 24.3 Å². The fourth-order valence-electron chi connectivity index (χ4n) is 1.63. The highest BCUT2D eigenvalue weighted by molar-refractivity contribution is 7.91. The molecular formula is C11H7NO3S. The molecule has 1 aliphatic heterocycles. The van der Waals surface area contributed by atoms with Gasteiger partial charge in [0, 0.05) is 6.20 Å². The van der Waals surface area contributed by atoms with Gasteiger partial charge in [-0.2, -0.15) is 0 Å². The van der Waals surface area contributed by atoms with E-state index in [0.29, 0.717) is 5.75 Å². The number of rotatable bonds is 0. The van der Waals surface area contributed by atoms with E-state index in [2.05, 4.69) is 4.98 Å². The average Bonchev–Trinajstić information content (AvgIpc) is 2.29. The molecule has 0 unspecified atom stereocenters.